The number of hydrogen-bond donors (Lipinski definition) is 1. The molecule has 0 atom stereocenters. The van der Waals surface area contributed by atoms with E-state index < -0.39 is 0 Å². The van der Waals surface area contributed by atoms with E-state index in [4.69, 9.17) is 4.74 Å². The molecule has 0 bridgehead atoms. The van der Waals surface area contributed by atoms with Gasteiger partial charge in [-0.3, -0.25) is 9.67 Å². The summed E-state index contributed by atoms with van der Waals surface area (Å²) in [4.78, 5) is 15.7. The maximum atomic E-state index is 11.7. The molecule has 6 heteroatoms. The third kappa shape index (κ3) is 3.39. The molecule has 2 rings (SSSR count). The van der Waals surface area contributed by atoms with Gasteiger partial charge in [-0.1, -0.05) is 0 Å². The van der Waals surface area contributed by atoms with Crippen LogP contribution in [-0.4, -0.2) is 27.3 Å². The summed E-state index contributed by atoms with van der Waals surface area (Å²) in [5.41, 5.74) is 4.50. The Labute approximate surface area is 124 Å². The molecule has 1 N–H and O–H groups in total. The number of hydrogen-bond acceptors (Lipinski definition) is 5. The molecule has 0 radical (unpaired) electrons. The zero-order valence-electron chi connectivity index (χ0n) is 12.8. The molecule has 21 heavy (non-hydrogen) atoms. The molecule has 0 saturated carbocycles. The molecule has 0 aliphatic rings. The fourth-order valence-corrected chi connectivity index (χ4v) is 2.13. The summed E-state index contributed by atoms with van der Waals surface area (Å²) < 4.78 is 6.83. The van der Waals surface area contributed by atoms with Crippen LogP contribution in [0.2, 0.25) is 0 Å². The number of ether oxygens (including phenoxy) is 1. The van der Waals surface area contributed by atoms with E-state index in [2.05, 4.69) is 15.4 Å². The lowest BCUT2D eigenvalue weighted by atomic mass is 10.2. The summed E-state index contributed by atoms with van der Waals surface area (Å²) in [6.07, 6.45) is 3.19. The number of aryl methyl sites for hydroxylation is 2. The molecule has 0 aromatic carbocycles. The van der Waals surface area contributed by atoms with Gasteiger partial charge < -0.3 is 10.1 Å². The second-order valence-corrected chi connectivity index (χ2v) is 4.81. The minimum absolute atomic E-state index is 0.352. The fourth-order valence-electron chi connectivity index (χ4n) is 2.13. The van der Waals surface area contributed by atoms with Crippen LogP contribution in [-0.2, 0) is 18.3 Å². The molecule has 0 spiro atoms. The monoisotopic (exact) mass is 288 g/mol. The van der Waals surface area contributed by atoms with Crippen molar-refractivity contribution in [2.24, 2.45) is 7.05 Å². The van der Waals surface area contributed by atoms with Crippen LogP contribution < -0.4 is 5.32 Å². The first-order chi connectivity index (χ1) is 10.0. The smallest absolute Gasteiger partial charge is 0.339 e. The van der Waals surface area contributed by atoms with Crippen LogP contribution in [0, 0.1) is 13.8 Å². The van der Waals surface area contributed by atoms with E-state index in [9.17, 15) is 4.79 Å². The third-order valence-electron chi connectivity index (χ3n) is 3.38. The van der Waals surface area contributed by atoms with Gasteiger partial charge in [-0.25, -0.2) is 4.79 Å². The van der Waals surface area contributed by atoms with Crippen LogP contribution in [0.4, 0.5) is 5.69 Å². The van der Waals surface area contributed by atoms with E-state index in [1.165, 1.54) is 6.20 Å². The van der Waals surface area contributed by atoms with Gasteiger partial charge in [0.05, 0.1) is 23.6 Å². The second kappa shape index (κ2) is 6.39. The van der Waals surface area contributed by atoms with Crippen molar-refractivity contribution < 1.29 is 9.53 Å². The highest BCUT2D eigenvalue weighted by molar-refractivity contribution is 5.90. The minimum Gasteiger partial charge on any atom is -0.462 e. The summed E-state index contributed by atoms with van der Waals surface area (Å²) in [6.45, 7) is 6.78. The van der Waals surface area contributed by atoms with Gasteiger partial charge in [0, 0.05) is 37.2 Å². The summed E-state index contributed by atoms with van der Waals surface area (Å²) in [5.74, 6) is -0.359. The Hall–Kier alpha value is -2.37. The zero-order chi connectivity index (χ0) is 15.4. The van der Waals surface area contributed by atoms with Gasteiger partial charge in [0.15, 0.2) is 0 Å². The van der Waals surface area contributed by atoms with Gasteiger partial charge in [-0.05, 0) is 26.8 Å². The summed E-state index contributed by atoms with van der Waals surface area (Å²) in [7, 11) is 1.93. The van der Waals surface area contributed by atoms with Crippen LogP contribution in [0.1, 0.15) is 34.2 Å². The highest BCUT2D eigenvalue weighted by atomic mass is 16.5. The van der Waals surface area contributed by atoms with E-state index in [0.29, 0.717) is 18.7 Å². The Morgan fingerprint density at radius 3 is 2.76 bits per heavy atom. The van der Waals surface area contributed by atoms with E-state index in [1.807, 2.05) is 25.6 Å². The molecule has 0 unspecified atom stereocenters. The van der Waals surface area contributed by atoms with Gasteiger partial charge in [-0.2, -0.15) is 5.10 Å². The number of nitrogens with zero attached hydrogens (tertiary/aromatic N) is 3. The number of anilines is 1. The number of rotatable bonds is 5. The average Bonchev–Trinajstić information content (AvgIpc) is 2.71. The molecule has 2 aromatic heterocycles. The van der Waals surface area contributed by atoms with Crippen molar-refractivity contribution in [3.8, 4) is 0 Å². The summed E-state index contributed by atoms with van der Waals surface area (Å²) in [5, 5.41) is 7.65. The van der Waals surface area contributed by atoms with Crippen LogP contribution in [0.15, 0.2) is 18.5 Å². The highest BCUT2D eigenvalue weighted by Gasteiger charge is 2.10. The van der Waals surface area contributed by atoms with Gasteiger partial charge in [0.25, 0.3) is 0 Å². The molecule has 6 nitrogen and oxygen atoms in total. The van der Waals surface area contributed by atoms with Gasteiger partial charge in [-0.15, -0.1) is 0 Å². The molecule has 0 aliphatic carbocycles. The van der Waals surface area contributed by atoms with Crippen LogP contribution in [0.3, 0.4) is 0 Å². The highest BCUT2D eigenvalue weighted by Crippen LogP contribution is 2.15. The third-order valence-corrected chi connectivity index (χ3v) is 3.38. The molecule has 2 heterocycles. The maximum absolute atomic E-state index is 11.7. The number of aromatic nitrogens is 3. The first kappa shape index (κ1) is 15.0. The molecule has 0 fully saturated rings. The zero-order valence-corrected chi connectivity index (χ0v) is 12.8. The molecular weight excluding hydrogens is 268 g/mol. The van der Waals surface area contributed by atoms with Gasteiger partial charge in [0.1, 0.15) is 0 Å². The van der Waals surface area contributed by atoms with E-state index in [-0.39, 0.29) is 5.97 Å². The Bertz CT molecular complexity index is 649. The first-order valence-corrected chi connectivity index (χ1v) is 6.88. The van der Waals surface area contributed by atoms with Crippen molar-refractivity contribution in [3.63, 3.8) is 0 Å². The normalized spacial score (nSPS) is 10.5. The minimum atomic E-state index is -0.359. The Kier molecular flexibility index (Phi) is 4.57. The van der Waals surface area contributed by atoms with Gasteiger partial charge >= 0.3 is 5.97 Å². The largest absolute Gasteiger partial charge is 0.462 e. The molecule has 0 aliphatic heterocycles. The van der Waals surface area contributed by atoms with Crippen molar-refractivity contribution >= 4 is 11.7 Å². The number of nitrogens with one attached hydrogen (secondary N) is 1. The van der Waals surface area contributed by atoms with Crippen molar-refractivity contribution in [2.45, 2.75) is 27.3 Å². The SMILES string of the molecule is CCOC(=O)c1cncc(NCc2c(C)nn(C)c2C)c1. The lowest BCUT2D eigenvalue weighted by Gasteiger charge is -2.08. The topological polar surface area (TPSA) is 69.0 Å². The van der Waals surface area contributed by atoms with Crippen molar-refractivity contribution in [1.82, 2.24) is 14.8 Å². The number of carbonyl (C=O) groups is 1. The fraction of sp³-hybridized carbons (Fsp3) is 0.400. The molecule has 2 aromatic rings. The Morgan fingerprint density at radius 2 is 2.14 bits per heavy atom. The standard InChI is InChI=1S/C15H20N4O2/c1-5-21-15(20)12-6-13(8-16-7-12)17-9-14-10(2)18-19(4)11(14)3/h6-8,17H,5,9H2,1-4H3. The van der Waals surface area contributed by atoms with Crippen molar-refractivity contribution in [1.29, 1.82) is 0 Å². The van der Waals surface area contributed by atoms with Crippen molar-refractivity contribution in [3.05, 3.63) is 41.0 Å². The molecule has 112 valence electrons. The van der Waals surface area contributed by atoms with Crippen LogP contribution in [0.5, 0.6) is 0 Å². The Balaban J connectivity index is 2.10. The number of pyridine rings is 1. The summed E-state index contributed by atoms with van der Waals surface area (Å²) in [6, 6.07) is 1.74. The molecular formula is C15H20N4O2. The first-order valence-electron chi connectivity index (χ1n) is 6.88. The van der Waals surface area contributed by atoms with E-state index in [1.54, 1.807) is 19.2 Å². The lowest BCUT2D eigenvalue weighted by Crippen LogP contribution is -2.07. The van der Waals surface area contributed by atoms with Gasteiger partial charge in [0.2, 0.25) is 0 Å². The quantitative estimate of drug-likeness (QED) is 0.854. The van der Waals surface area contributed by atoms with Crippen LogP contribution in [0.25, 0.3) is 0 Å². The predicted molar refractivity (Wildman–Crippen MR) is 80.2 cm³/mol. The predicted octanol–water partition coefficient (Wildman–Crippen LogP) is 2.22. The van der Waals surface area contributed by atoms with E-state index >= 15 is 0 Å². The maximum Gasteiger partial charge on any atom is 0.339 e. The van der Waals surface area contributed by atoms with Crippen LogP contribution >= 0.6 is 0 Å². The lowest BCUT2D eigenvalue weighted by molar-refractivity contribution is 0.0526. The number of esters is 1. The number of carbonyl (C=O) groups excluding carboxylic acids is 1. The van der Waals surface area contributed by atoms with Crippen molar-refractivity contribution in [2.75, 3.05) is 11.9 Å². The Morgan fingerprint density at radius 1 is 1.38 bits per heavy atom. The average molecular weight is 288 g/mol. The van der Waals surface area contributed by atoms with E-state index in [0.717, 1.165) is 22.6 Å². The summed E-state index contributed by atoms with van der Waals surface area (Å²) >= 11 is 0. The molecule has 0 amide bonds. The molecule has 0 saturated heterocycles. The second-order valence-electron chi connectivity index (χ2n) is 4.81.